The summed E-state index contributed by atoms with van der Waals surface area (Å²) in [5, 5.41) is 9.54. The van der Waals surface area contributed by atoms with Crippen LogP contribution in [0.4, 0.5) is 4.39 Å². The minimum absolute atomic E-state index is 0.00406. The van der Waals surface area contributed by atoms with E-state index in [1.807, 2.05) is 13.0 Å². The zero-order valence-corrected chi connectivity index (χ0v) is 21.1. The Kier molecular flexibility index (Phi) is 7.59. The minimum Gasteiger partial charge on any atom is -0.463 e. The fourth-order valence-electron chi connectivity index (χ4n) is 3.86. The van der Waals surface area contributed by atoms with Crippen molar-refractivity contribution >= 4 is 52.3 Å². The number of aromatic nitrogens is 4. The summed E-state index contributed by atoms with van der Waals surface area (Å²) in [6.45, 7) is 5.59. The summed E-state index contributed by atoms with van der Waals surface area (Å²) < 4.78 is 26.9. The second-order valence-corrected chi connectivity index (χ2v) is 10.8. The average molecular weight is 531 g/mol. The lowest BCUT2D eigenvalue weighted by Gasteiger charge is -2.44. The van der Waals surface area contributed by atoms with E-state index in [2.05, 4.69) is 22.2 Å². The maximum Gasteiger partial charge on any atom is 0.302 e. The fourth-order valence-corrected chi connectivity index (χ4v) is 6.00. The van der Waals surface area contributed by atoms with Crippen molar-refractivity contribution in [2.24, 2.45) is 11.8 Å². The van der Waals surface area contributed by atoms with Gasteiger partial charge in [-0.15, -0.1) is 5.10 Å². The Hall–Kier alpha value is -1.72. The van der Waals surface area contributed by atoms with Gasteiger partial charge in [0.25, 0.3) is 0 Å². The van der Waals surface area contributed by atoms with Gasteiger partial charge >= 0.3 is 5.97 Å². The molecule has 0 amide bonds. The normalized spacial score (nSPS) is 25.2. The number of hydrogen-bond donors (Lipinski definition) is 0. The van der Waals surface area contributed by atoms with Crippen LogP contribution in [0.1, 0.15) is 26.8 Å². The molecule has 0 bridgehead atoms. The first-order valence-corrected chi connectivity index (χ1v) is 12.6. The van der Waals surface area contributed by atoms with Crippen molar-refractivity contribution < 1.29 is 18.7 Å². The van der Waals surface area contributed by atoms with Crippen LogP contribution in [0, 0.1) is 17.0 Å². The molecule has 176 valence electrons. The molecule has 1 aliphatic rings. The lowest BCUT2D eigenvalue weighted by atomic mass is 9.84. The van der Waals surface area contributed by atoms with Crippen LogP contribution >= 0.6 is 46.3 Å². The monoisotopic (exact) mass is 530 g/mol. The highest BCUT2D eigenvalue weighted by Crippen LogP contribution is 2.45. The zero-order chi connectivity index (χ0) is 23.7. The molecule has 2 unspecified atom stereocenters. The Morgan fingerprint density at radius 1 is 1.30 bits per heavy atom. The van der Waals surface area contributed by atoms with Crippen molar-refractivity contribution in [3.8, 4) is 10.7 Å². The maximum atomic E-state index is 13.4. The smallest absolute Gasteiger partial charge is 0.302 e. The zero-order valence-electron chi connectivity index (χ0n) is 17.9. The Morgan fingerprint density at radius 2 is 2.09 bits per heavy atom. The van der Waals surface area contributed by atoms with E-state index in [4.69, 9.17) is 32.7 Å². The number of ether oxygens (including phenoxy) is 2. The third kappa shape index (κ3) is 5.51. The number of halogens is 3. The molecule has 1 fully saturated rings. The van der Waals surface area contributed by atoms with Crippen LogP contribution in [-0.2, 0) is 14.3 Å². The number of nitrogens with zero attached hydrogens (tertiary/aromatic N) is 4. The van der Waals surface area contributed by atoms with Gasteiger partial charge in [-0.25, -0.2) is 9.67 Å². The Morgan fingerprint density at radius 3 is 2.76 bits per heavy atom. The second-order valence-electron chi connectivity index (χ2n) is 7.80. The molecule has 3 aromatic rings. The molecule has 0 aliphatic carbocycles. The topological polar surface area (TPSA) is 79.1 Å². The van der Waals surface area contributed by atoms with Crippen molar-refractivity contribution in [1.29, 1.82) is 0 Å². The predicted octanol–water partition coefficient (Wildman–Crippen LogP) is 5.74. The van der Waals surface area contributed by atoms with E-state index in [-0.39, 0.29) is 47.1 Å². The van der Waals surface area contributed by atoms with E-state index in [0.717, 1.165) is 22.4 Å². The first-order chi connectivity index (χ1) is 15.7. The highest BCUT2D eigenvalue weighted by atomic mass is 35.5. The van der Waals surface area contributed by atoms with Crippen LogP contribution in [0.3, 0.4) is 0 Å². The SMILES string of the molecule is CC(=O)OCC1O[C@H](Sc2ccc(Cl)c(Cl)c2)C(C)[C@@H](n2cc(-c3ncc(F)s3)nn2)[C@H]1C. The molecule has 2 aromatic heterocycles. The number of esters is 1. The first-order valence-electron chi connectivity index (χ1n) is 10.2. The molecule has 5 atom stereocenters. The first kappa shape index (κ1) is 24.4. The van der Waals surface area contributed by atoms with E-state index in [1.165, 1.54) is 18.7 Å². The summed E-state index contributed by atoms with van der Waals surface area (Å²) in [6.07, 6.45) is 2.57. The van der Waals surface area contributed by atoms with Gasteiger partial charge in [-0.3, -0.25) is 4.79 Å². The quantitative estimate of drug-likeness (QED) is 0.375. The number of hydrogen-bond acceptors (Lipinski definition) is 8. The fraction of sp³-hybridized carbons (Fsp3) is 0.429. The van der Waals surface area contributed by atoms with Gasteiger partial charge in [-0.2, -0.15) is 4.39 Å². The molecule has 33 heavy (non-hydrogen) atoms. The van der Waals surface area contributed by atoms with Crippen molar-refractivity contribution in [1.82, 2.24) is 20.0 Å². The summed E-state index contributed by atoms with van der Waals surface area (Å²) in [5.74, 6) is -0.424. The van der Waals surface area contributed by atoms with E-state index in [0.29, 0.717) is 20.7 Å². The molecule has 1 aromatic carbocycles. The third-order valence-corrected chi connectivity index (χ3v) is 8.35. The van der Waals surface area contributed by atoms with Gasteiger partial charge in [-0.1, -0.05) is 65.4 Å². The van der Waals surface area contributed by atoms with Crippen LogP contribution in [0.5, 0.6) is 0 Å². The molecule has 7 nitrogen and oxygen atoms in total. The number of thiazole rings is 1. The number of thioether (sulfide) groups is 1. The van der Waals surface area contributed by atoms with Crippen LogP contribution in [0.2, 0.25) is 10.0 Å². The van der Waals surface area contributed by atoms with Crippen molar-refractivity contribution in [2.45, 2.75) is 43.2 Å². The third-order valence-electron chi connectivity index (χ3n) is 5.51. The molecule has 0 spiro atoms. The van der Waals surface area contributed by atoms with Crippen LogP contribution in [-0.4, -0.2) is 44.1 Å². The van der Waals surface area contributed by atoms with Gasteiger partial charge in [0, 0.05) is 23.7 Å². The summed E-state index contributed by atoms with van der Waals surface area (Å²) in [7, 11) is 0. The van der Waals surface area contributed by atoms with Gasteiger partial charge in [0.05, 0.1) is 34.6 Å². The van der Waals surface area contributed by atoms with Gasteiger partial charge in [0.2, 0.25) is 0 Å². The van der Waals surface area contributed by atoms with Crippen LogP contribution < -0.4 is 0 Å². The summed E-state index contributed by atoms with van der Waals surface area (Å²) in [6, 6.07) is 5.30. The Labute approximate surface area is 208 Å². The highest BCUT2D eigenvalue weighted by molar-refractivity contribution is 7.99. The minimum atomic E-state index is -0.383. The molecule has 12 heteroatoms. The van der Waals surface area contributed by atoms with Crippen LogP contribution in [0.15, 0.2) is 35.5 Å². The molecule has 0 radical (unpaired) electrons. The standard InChI is InChI=1S/C21H21Cl2FN4O3S2/c1-10-17(9-30-12(3)29)31-21(32-13-4-5-14(22)15(23)6-13)11(2)19(10)28-8-16(26-27-28)20-25-7-18(24)33-20/h4-8,10-11,17,19,21H,9H2,1-3H3/t10-,11?,17?,19-,21+/m0/s1. The Balaban J connectivity index is 1.62. The molecular formula is C21H21Cl2FN4O3S2. The number of benzene rings is 1. The molecule has 4 rings (SSSR count). The molecule has 1 saturated heterocycles. The van der Waals surface area contributed by atoms with E-state index >= 15 is 0 Å². The Bertz CT molecular complexity index is 1140. The lowest BCUT2D eigenvalue weighted by Crippen LogP contribution is -2.47. The van der Waals surface area contributed by atoms with Crippen LogP contribution in [0.25, 0.3) is 10.7 Å². The largest absolute Gasteiger partial charge is 0.463 e. The van der Waals surface area contributed by atoms with E-state index in [9.17, 15) is 9.18 Å². The van der Waals surface area contributed by atoms with Crippen molar-refractivity contribution in [3.05, 3.63) is 45.8 Å². The molecule has 1 aliphatic heterocycles. The summed E-state index contributed by atoms with van der Waals surface area (Å²) in [4.78, 5) is 16.4. The van der Waals surface area contributed by atoms with Gasteiger partial charge in [0.15, 0.2) is 5.13 Å². The average Bonchev–Trinajstić information content (AvgIpc) is 3.41. The molecule has 3 heterocycles. The molecule has 0 N–H and O–H groups in total. The number of carbonyl (C=O) groups excluding carboxylic acids is 1. The maximum absolute atomic E-state index is 13.4. The van der Waals surface area contributed by atoms with Gasteiger partial charge in [0.1, 0.15) is 22.7 Å². The van der Waals surface area contributed by atoms with Crippen molar-refractivity contribution in [3.63, 3.8) is 0 Å². The van der Waals surface area contributed by atoms with E-state index in [1.54, 1.807) is 23.0 Å². The van der Waals surface area contributed by atoms with Crippen molar-refractivity contribution in [2.75, 3.05) is 6.61 Å². The van der Waals surface area contributed by atoms with Gasteiger partial charge < -0.3 is 9.47 Å². The summed E-state index contributed by atoms with van der Waals surface area (Å²) in [5.41, 5.74) is 0.217. The predicted molar refractivity (Wildman–Crippen MR) is 126 cm³/mol. The lowest BCUT2D eigenvalue weighted by molar-refractivity contribution is -0.156. The van der Waals surface area contributed by atoms with E-state index < -0.39 is 0 Å². The highest BCUT2D eigenvalue weighted by Gasteiger charge is 2.44. The summed E-state index contributed by atoms with van der Waals surface area (Å²) >= 11 is 14.7. The number of rotatable bonds is 6. The van der Waals surface area contributed by atoms with Gasteiger partial charge in [-0.05, 0) is 18.2 Å². The molecular weight excluding hydrogens is 510 g/mol. The molecule has 0 saturated carbocycles. The number of carbonyl (C=O) groups is 1. The second kappa shape index (κ2) is 10.3.